The van der Waals surface area contributed by atoms with Gasteiger partial charge in [-0.2, -0.15) is 0 Å². The van der Waals surface area contributed by atoms with Crippen LogP contribution >= 0.6 is 11.6 Å². The highest BCUT2D eigenvalue weighted by atomic mass is 35.5. The summed E-state index contributed by atoms with van der Waals surface area (Å²) < 4.78 is 25.7. The van der Waals surface area contributed by atoms with E-state index in [4.69, 9.17) is 11.6 Å². The van der Waals surface area contributed by atoms with Crippen molar-refractivity contribution in [3.63, 3.8) is 0 Å². The van der Waals surface area contributed by atoms with Crippen molar-refractivity contribution in [2.24, 2.45) is 0 Å². The third kappa shape index (κ3) is 1.99. The number of hydrogen-bond donors (Lipinski definition) is 1. The standard InChI is InChI=1S/C12H7ClF2O/c13-10-5-9(12(16)6-11(10)15)7-1-3-8(14)4-2-7/h1-6,16H. The van der Waals surface area contributed by atoms with Gasteiger partial charge in [0, 0.05) is 11.6 Å². The van der Waals surface area contributed by atoms with Crippen LogP contribution in [0.15, 0.2) is 36.4 Å². The predicted octanol–water partition coefficient (Wildman–Crippen LogP) is 3.99. The first-order valence-corrected chi connectivity index (χ1v) is 4.89. The zero-order valence-electron chi connectivity index (χ0n) is 8.05. The SMILES string of the molecule is Oc1cc(F)c(Cl)cc1-c1ccc(F)cc1. The number of phenols is 1. The van der Waals surface area contributed by atoms with Crippen molar-refractivity contribution in [3.8, 4) is 16.9 Å². The molecule has 16 heavy (non-hydrogen) atoms. The van der Waals surface area contributed by atoms with E-state index in [0.29, 0.717) is 11.1 Å². The molecule has 1 nitrogen and oxygen atoms in total. The van der Waals surface area contributed by atoms with Gasteiger partial charge in [0.1, 0.15) is 17.4 Å². The maximum absolute atomic E-state index is 13.0. The molecule has 1 N–H and O–H groups in total. The first kappa shape index (κ1) is 10.9. The average molecular weight is 241 g/mol. The Morgan fingerprint density at radius 3 is 2.25 bits per heavy atom. The minimum atomic E-state index is -0.690. The number of rotatable bonds is 1. The molecular weight excluding hydrogens is 234 g/mol. The summed E-state index contributed by atoms with van der Waals surface area (Å²) in [7, 11) is 0. The van der Waals surface area contributed by atoms with E-state index in [-0.39, 0.29) is 16.6 Å². The zero-order valence-corrected chi connectivity index (χ0v) is 8.80. The summed E-state index contributed by atoms with van der Waals surface area (Å²) in [5.74, 6) is -1.30. The third-order valence-electron chi connectivity index (χ3n) is 2.19. The summed E-state index contributed by atoms with van der Waals surface area (Å²) in [4.78, 5) is 0. The van der Waals surface area contributed by atoms with E-state index in [2.05, 4.69) is 0 Å². The summed E-state index contributed by atoms with van der Waals surface area (Å²) in [5, 5.41) is 9.46. The fourth-order valence-electron chi connectivity index (χ4n) is 1.40. The average Bonchev–Trinajstić information content (AvgIpc) is 2.25. The first-order valence-electron chi connectivity index (χ1n) is 4.52. The van der Waals surface area contributed by atoms with E-state index in [1.165, 1.54) is 30.3 Å². The second-order valence-electron chi connectivity index (χ2n) is 3.29. The van der Waals surface area contributed by atoms with Crippen molar-refractivity contribution < 1.29 is 13.9 Å². The molecule has 4 heteroatoms. The maximum Gasteiger partial charge on any atom is 0.145 e. The lowest BCUT2D eigenvalue weighted by Gasteiger charge is -2.06. The molecule has 0 heterocycles. The number of benzene rings is 2. The Hall–Kier alpha value is -1.61. The number of hydrogen-bond acceptors (Lipinski definition) is 1. The predicted molar refractivity (Wildman–Crippen MR) is 58.5 cm³/mol. The Labute approximate surface area is 95.9 Å². The van der Waals surface area contributed by atoms with Gasteiger partial charge < -0.3 is 5.11 Å². The Morgan fingerprint density at radius 2 is 1.62 bits per heavy atom. The van der Waals surface area contributed by atoms with Crippen LogP contribution in [0.5, 0.6) is 5.75 Å². The lowest BCUT2D eigenvalue weighted by Crippen LogP contribution is -1.84. The fraction of sp³-hybridized carbons (Fsp3) is 0. The summed E-state index contributed by atoms with van der Waals surface area (Å²) in [6.45, 7) is 0. The van der Waals surface area contributed by atoms with Crippen LogP contribution in [0.4, 0.5) is 8.78 Å². The minimum Gasteiger partial charge on any atom is -0.507 e. The molecule has 0 aliphatic heterocycles. The first-order chi connectivity index (χ1) is 7.58. The van der Waals surface area contributed by atoms with Gasteiger partial charge in [-0.25, -0.2) is 8.78 Å². The molecule has 82 valence electrons. The summed E-state index contributed by atoms with van der Waals surface area (Å²) in [5.41, 5.74) is 0.937. The summed E-state index contributed by atoms with van der Waals surface area (Å²) >= 11 is 5.61. The number of phenolic OH excluding ortho intramolecular Hbond substituents is 1. The molecule has 2 aromatic rings. The molecule has 0 atom stereocenters. The third-order valence-corrected chi connectivity index (χ3v) is 2.48. The van der Waals surface area contributed by atoms with Crippen LogP contribution in [0.3, 0.4) is 0 Å². The van der Waals surface area contributed by atoms with Gasteiger partial charge in [-0.3, -0.25) is 0 Å². The molecule has 0 spiro atoms. The maximum atomic E-state index is 13.0. The largest absolute Gasteiger partial charge is 0.507 e. The van der Waals surface area contributed by atoms with Crippen LogP contribution in [-0.4, -0.2) is 5.11 Å². The molecule has 2 rings (SSSR count). The molecule has 0 aliphatic rings. The molecule has 0 radical (unpaired) electrons. The number of halogens is 3. The smallest absolute Gasteiger partial charge is 0.145 e. The van der Waals surface area contributed by atoms with Crippen molar-refractivity contribution in [3.05, 3.63) is 53.1 Å². The minimum absolute atomic E-state index is 0.0860. The van der Waals surface area contributed by atoms with Crippen LogP contribution < -0.4 is 0 Å². The molecule has 0 saturated heterocycles. The Morgan fingerprint density at radius 1 is 1.00 bits per heavy atom. The van der Waals surface area contributed by atoms with Gasteiger partial charge in [0.2, 0.25) is 0 Å². The molecule has 0 bridgehead atoms. The lowest BCUT2D eigenvalue weighted by molar-refractivity contribution is 0.471. The topological polar surface area (TPSA) is 20.2 Å². The van der Waals surface area contributed by atoms with E-state index in [0.717, 1.165) is 6.07 Å². The molecular formula is C12H7ClF2O. The van der Waals surface area contributed by atoms with E-state index >= 15 is 0 Å². The molecule has 0 aromatic heterocycles. The van der Waals surface area contributed by atoms with E-state index < -0.39 is 5.82 Å². The van der Waals surface area contributed by atoms with E-state index in [1.54, 1.807) is 0 Å². The quantitative estimate of drug-likeness (QED) is 0.799. The number of aromatic hydroxyl groups is 1. The van der Waals surface area contributed by atoms with Gasteiger partial charge in [-0.1, -0.05) is 23.7 Å². The molecule has 0 saturated carbocycles. The van der Waals surface area contributed by atoms with Gasteiger partial charge in [0.05, 0.1) is 5.02 Å². The normalized spacial score (nSPS) is 10.4. The van der Waals surface area contributed by atoms with Crippen LogP contribution in [0, 0.1) is 11.6 Å². The van der Waals surface area contributed by atoms with Crippen molar-refractivity contribution in [1.29, 1.82) is 0 Å². The summed E-state index contributed by atoms with van der Waals surface area (Å²) in [6.07, 6.45) is 0. The van der Waals surface area contributed by atoms with Gasteiger partial charge in [0.15, 0.2) is 0 Å². The fourth-order valence-corrected chi connectivity index (χ4v) is 1.56. The Kier molecular flexibility index (Phi) is 2.79. The highest BCUT2D eigenvalue weighted by Crippen LogP contribution is 2.33. The van der Waals surface area contributed by atoms with Gasteiger partial charge >= 0.3 is 0 Å². The van der Waals surface area contributed by atoms with E-state index in [9.17, 15) is 13.9 Å². The van der Waals surface area contributed by atoms with Crippen molar-refractivity contribution in [1.82, 2.24) is 0 Å². The van der Waals surface area contributed by atoms with Crippen molar-refractivity contribution in [2.75, 3.05) is 0 Å². The molecule has 2 aromatic carbocycles. The molecule has 0 fully saturated rings. The van der Waals surface area contributed by atoms with Crippen molar-refractivity contribution >= 4 is 11.6 Å². The Balaban J connectivity index is 2.56. The van der Waals surface area contributed by atoms with Crippen LogP contribution in [0.1, 0.15) is 0 Å². The molecule has 0 unspecified atom stereocenters. The van der Waals surface area contributed by atoms with Gasteiger partial charge in [-0.15, -0.1) is 0 Å². The van der Waals surface area contributed by atoms with Gasteiger partial charge in [-0.05, 0) is 23.8 Å². The molecule has 0 amide bonds. The second kappa shape index (κ2) is 4.10. The van der Waals surface area contributed by atoms with E-state index in [1.807, 2.05) is 0 Å². The monoisotopic (exact) mass is 240 g/mol. The Bertz CT molecular complexity index is 523. The van der Waals surface area contributed by atoms with Crippen LogP contribution in [0.2, 0.25) is 5.02 Å². The van der Waals surface area contributed by atoms with Crippen LogP contribution in [-0.2, 0) is 0 Å². The molecule has 0 aliphatic carbocycles. The lowest BCUT2D eigenvalue weighted by atomic mass is 10.0. The van der Waals surface area contributed by atoms with Crippen LogP contribution in [0.25, 0.3) is 11.1 Å². The highest BCUT2D eigenvalue weighted by molar-refractivity contribution is 6.31. The second-order valence-corrected chi connectivity index (χ2v) is 3.70. The zero-order chi connectivity index (χ0) is 11.7. The summed E-state index contributed by atoms with van der Waals surface area (Å²) in [6, 6.07) is 7.72. The van der Waals surface area contributed by atoms with Gasteiger partial charge in [0.25, 0.3) is 0 Å². The highest BCUT2D eigenvalue weighted by Gasteiger charge is 2.09. The van der Waals surface area contributed by atoms with Crippen molar-refractivity contribution in [2.45, 2.75) is 0 Å².